The van der Waals surface area contributed by atoms with Crippen LogP contribution >= 0.6 is 11.6 Å². The monoisotopic (exact) mass is 175 g/mol. The highest BCUT2D eigenvalue weighted by atomic mass is 35.5. The highest BCUT2D eigenvalue weighted by molar-refractivity contribution is 6.30. The molecule has 62 valence electrons. The van der Waals surface area contributed by atoms with E-state index in [2.05, 4.69) is 0 Å². The third kappa shape index (κ3) is 0.924. The first kappa shape index (κ1) is 7.55. The van der Waals surface area contributed by atoms with Crippen LogP contribution in [0.5, 0.6) is 0 Å². The van der Waals surface area contributed by atoms with E-state index < -0.39 is 5.60 Å². The fraction of sp³-hybridized carbons (Fsp3) is 0.714. The van der Waals surface area contributed by atoms with Crippen LogP contribution in [0.4, 0.5) is 0 Å². The van der Waals surface area contributed by atoms with Gasteiger partial charge in [0.25, 0.3) is 0 Å². The molecule has 0 aromatic carbocycles. The van der Waals surface area contributed by atoms with Crippen molar-refractivity contribution in [2.24, 2.45) is 5.73 Å². The second-order valence-electron chi connectivity index (χ2n) is 3.11. The zero-order valence-corrected chi connectivity index (χ0v) is 6.71. The van der Waals surface area contributed by atoms with Gasteiger partial charge in [-0.1, -0.05) is 11.6 Å². The van der Waals surface area contributed by atoms with Gasteiger partial charge < -0.3 is 15.6 Å². The normalized spacial score (nSPS) is 48.1. The van der Waals surface area contributed by atoms with Gasteiger partial charge in [0.2, 0.25) is 0 Å². The van der Waals surface area contributed by atoms with Crippen LogP contribution < -0.4 is 5.73 Å². The van der Waals surface area contributed by atoms with Gasteiger partial charge in [-0.05, 0) is 6.08 Å². The summed E-state index contributed by atoms with van der Waals surface area (Å²) in [6.07, 6.45) is 1.87. The average molecular weight is 176 g/mol. The molecule has 2 rings (SSSR count). The summed E-state index contributed by atoms with van der Waals surface area (Å²) >= 11 is 5.78. The minimum absolute atomic E-state index is 0.116. The van der Waals surface area contributed by atoms with E-state index in [0.29, 0.717) is 11.5 Å². The quantitative estimate of drug-likeness (QED) is 0.589. The Morgan fingerprint density at radius 1 is 1.91 bits per heavy atom. The minimum Gasteiger partial charge on any atom is -0.385 e. The number of halogens is 1. The van der Waals surface area contributed by atoms with Crippen LogP contribution in [0.25, 0.3) is 0 Å². The summed E-state index contributed by atoms with van der Waals surface area (Å²) in [7, 11) is 0. The molecule has 3 unspecified atom stereocenters. The van der Waals surface area contributed by atoms with Gasteiger partial charge in [0, 0.05) is 18.0 Å². The van der Waals surface area contributed by atoms with Gasteiger partial charge in [-0.3, -0.25) is 0 Å². The maximum absolute atomic E-state index is 9.75. The summed E-state index contributed by atoms with van der Waals surface area (Å²) in [6, 6.07) is 0. The molecule has 0 saturated carbocycles. The van der Waals surface area contributed by atoms with Gasteiger partial charge >= 0.3 is 0 Å². The van der Waals surface area contributed by atoms with Crippen molar-refractivity contribution in [2.45, 2.75) is 24.2 Å². The van der Waals surface area contributed by atoms with E-state index in [1.807, 2.05) is 0 Å². The van der Waals surface area contributed by atoms with Crippen LogP contribution in [0.2, 0.25) is 0 Å². The predicted molar refractivity (Wildman–Crippen MR) is 41.2 cm³/mol. The highest BCUT2D eigenvalue weighted by Gasteiger charge is 2.50. The van der Waals surface area contributed by atoms with Crippen LogP contribution in [0.15, 0.2) is 11.1 Å². The van der Waals surface area contributed by atoms with Crippen molar-refractivity contribution in [2.75, 3.05) is 6.54 Å². The lowest BCUT2D eigenvalue weighted by Gasteiger charge is -2.25. The molecule has 3 N–H and O–H groups in total. The van der Waals surface area contributed by atoms with Gasteiger partial charge in [0.1, 0.15) is 11.7 Å². The number of ether oxygens (including phenoxy) is 1. The van der Waals surface area contributed by atoms with Crippen molar-refractivity contribution >= 4 is 11.6 Å². The maximum Gasteiger partial charge on any atom is 0.109 e. The molecule has 0 aromatic rings. The molecular weight excluding hydrogens is 166 g/mol. The van der Waals surface area contributed by atoms with Crippen LogP contribution in [0.3, 0.4) is 0 Å². The topological polar surface area (TPSA) is 55.5 Å². The van der Waals surface area contributed by atoms with Crippen LogP contribution in [-0.4, -0.2) is 29.5 Å². The summed E-state index contributed by atoms with van der Waals surface area (Å²) in [5, 5.41) is 10.5. The summed E-state index contributed by atoms with van der Waals surface area (Å²) < 4.78 is 5.34. The molecule has 3 nitrogen and oxygen atoms in total. The molecule has 1 saturated heterocycles. The van der Waals surface area contributed by atoms with E-state index in [1.54, 1.807) is 6.08 Å². The van der Waals surface area contributed by atoms with Gasteiger partial charge in [-0.15, -0.1) is 0 Å². The SMILES string of the molecule is NCC1(O)CC2OC1C=C2Cl. The molecule has 0 spiro atoms. The first-order valence-corrected chi connectivity index (χ1v) is 3.98. The number of fused-ring (bicyclic) bond motifs is 2. The van der Waals surface area contributed by atoms with Gasteiger partial charge in [-0.2, -0.15) is 0 Å². The van der Waals surface area contributed by atoms with Crippen molar-refractivity contribution in [3.63, 3.8) is 0 Å². The van der Waals surface area contributed by atoms with Gasteiger partial charge in [-0.25, -0.2) is 0 Å². The largest absolute Gasteiger partial charge is 0.385 e. The number of hydrogen-bond acceptors (Lipinski definition) is 3. The number of nitrogens with two attached hydrogens (primary N) is 1. The second-order valence-corrected chi connectivity index (χ2v) is 3.55. The fourth-order valence-corrected chi connectivity index (χ4v) is 1.84. The molecular formula is C7H10ClNO2. The Morgan fingerprint density at radius 2 is 2.64 bits per heavy atom. The first-order valence-electron chi connectivity index (χ1n) is 3.61. The standard InChI is InChI=1S/C7H10ClNO2/c8-4-1-6-7(10,3-9)2-5(4)11-6/h1,5-6,10H,2-3,9H2. The molecule has 2 aliphatic heterocycles. The van der Waals surface area contributed by atoms with E-state index in [9.17, 15) is 5.11 Å². The molecule has 11 heavy (non-hydrogen) atoms. The lowest BCUT2D eigenvalue weighted by Crippen LogP contribution is -2.45. The Kier molecular flexibility index (Phi) is 1.51. The average Bonchev–Trinajstić information content (AvgIpc) is 2.45. The summed E-state index contributed by atoms with van der Waals surface area (Å²) in [6.45, 7) is 0.231. The van der Waals surface area contributed by atoms with Gasteiger partial charge in [0.05, 0.1) is 6.10 Å². The third-order valence-corrected chi connectivity index (χ3v) is 2.72. The van der Waals surface area contributed by atoms with Gasteiger partial charge in [0.15, 0.2) is 0 Å². The van der Waals surface area contributed by atoms with E-state index in [-0.39, 0.29) is 18.8 Å². The Bertz CT molecular complexity index is 218. The van der Waals surface area contributed by atoms with Crippen LogP contribution in [0.1, 0.15) is 6.42 Å². The van der Waals surface area contributed by atoms with Crippen molar-refractivity contribution < 1.29 is 9.84 Å². The molecule has 2 bridgehead atoms. The molecule has 3 atom stereocenters. The predicted octanol–water partition coefficient (Wildman–Crippen LogP) is -0.0300. The third-order valence-electron chi connectivity index (χ3n) is 2.35. The molecule has 0 amide bonds. The van der Waals surface area contributed by atoms with E-state index >= 15 is 0 Å². The lowest BCUT2D eigenvalue weighted by molar-refractivity contribution is -0.00424. The number of hydrogen-bond donors (Lipinski definition) is 2. The Balaban J connectivity index is 2.25. The summed E-state index contributed by atoms with van der Waals surface area (Å²) in [4.78, 5) is 0. The van der Waals surface area contributed by atoms with E-state index in [0.717, 1.165) is 0 Å². The molecule has 1 fully saturated rings. The van der Waals surface area contributed by atoms with E-state index in [4.69, 9.17) is 22.1 Å². The molecule has 0 aromatic heterocycles. The molecule has 0 radical (unpaired) electrons. The molecule has 0 aliphatic carbocycles. The zero-order valence-electron chi connectivity index (χ0n) is 5.96. The molecule has 4 heteroatoms. The zero-order chi connectivity index (χ0) is 8.06. The first-order chi connectivity index (χ1) is 5.15. The Hall–Kier alpha value is -0.0900. The van der Waals surface area contributed by atoms with Crippen molar-refractivity contribution in [3.05, 3.63) is 11.1 Å². The Labute approximate surface area is 69.8 Å². The molecule has 2 heterocycles. The molecule has 2 aliphatic rings. The van der Waals surface area contributed by atoms with Crippen molar-refractivity contribution in [1.29, 1.82) is 0 Å². The van der Waals surface area contributed by atoms with Crippen molar-refractivity contribution in [1.82, 2.24) is 0 Å². The lowest BCUT2D eigenvalue weighted by atomic mass is 9.89. The summed E-state index contributed by atoms with van der Waals surface area (Å²) in [5.41, 5.74) is 4.53. The van der Waals surface area contributed by atoms with Crippen molar-refractivity contribution in [3.8, 4) is 0 Å². The Morgan fingerprint density at radius 3 is 3.00 bits per heavy atom. The minimum atomic E-state index is -0.872. The van der Waals surface area contributed by atoms with Crippen LogP contribution in [0, 0.1) is 0 Å². The number of aliphatic hydroxyl groups is 1. The van der Waals surface area contributed by atoms with E-state index in [1.165, 1.54) is 0 Å². The number of rotatable bonds is 1. The smallest absolute Gasteiger partial charge is 0.109 e. The summed E-state index contributed by atoms with van der Waals surface area (Å²) in [5.74, 6) is 0. The highest BCUT2D eigenvalue weighted by Crippen LogP contribution is 2.41. The maximum atomic E-state index is 9.75. The fourth-order valence-electron chi connectivity index (χ4n) is 1.60. The van der Waals surface area contributed by atoms with Crippen LogP contribution in [-0.2, 0) is 4.74 Å². The second kappa shape index (κ2) is 2.20.